The highest BCUT2D eigenvalue weighted by atomic mass is 15.3. The molecule has 0 heterocycles. The van der Waals surface area contributed by atoms with Crippen molar-refractivity contribution in [2.45, 2.75) is 31.3 Å². The zero-order valence-electron chi connectivity index (χ0n) is 9.17. The zero-order valence-corrected chi connectivity index (χ0v) is 9.17. The van der Waals surface area contributed by atoms with Crippen molar-refractivity contribution in [1.29, 1.82) is 0 Å². The Morgan fingerprint density at radius 1 is 1.08 bits per heavy atom. The monoisotopic (exact) mass is 171 g/mol. The third kappa shape index (κ3) is 1.99. The highest BCUT2D eigenvalue weighted by Gasteiger charge is 2.37. The minimum Gasteiger partial charge on any atom is -0.327 e. The van der Waals surface area contributed by atoms with E-state index in [-0.39, 0.29) is 0 Å². The standard InChI is InChI=1S/C10H23N2/c1-11(2)9-7-6-8-10(9)12(3,4)5/h9-10H,6-8H2,1-5H3/q+1/t9-,10+/m0/s1. The van der Waals surface area contributed by atoms with Crippen LogP contribution in [-0.2, 0) is 0 Å². The van der Waals surface area contributed by atoms with Crippen LogP contribution in [0.15, 0.2) is 0 Å². The maximum absolute atomic E-state index is 2.39. The first kappa shape index (κ1) is 10.0. The highest BCUT2D eigenvalue weighted by Crippen LogP contribution is 2.28. The molecule has 2 atom stereocenters. The predicted molar refractivity (Wildman–Crippen MR) is 53.1 cm³/mol. The molecular weight excluding hydrogens is 148 g/mol. The molecule has 0 bridgehead atoms. The van der Waals surface area contributed by atoms with Crippen molar-refractivity contribution in [2.24, 2.45) is 0 Å². The highest BCUT2D eigenvalue weighted by molar-refractivity contribution is 4.83. The summed E-state index contributed by atoms with van der Waals surface area (Å²) in [5.74, 6) is 0. The number of nitrogens with zero attached hydrogens (tertiary/aromatic N) is 2. The molecule has 0 aromatic rings. The van der Waals surface area contributed by atoms with Crippen LogP contribution in [0.2, 0.25) is 0 Å². The quantitative estimate of drug-likeness (QED) is 0.564. The molecular formula is C10H23N2+. The summed E-state index contributed by atoms with van der Waals surface area (Å²) in [7, 11) is 11.3. The van der Waals surface area contributed by atoms with Gasteiger partial charge in [0.1, 0.15) is 6.04 Å². The van der Waals surface area contributed by atoms with E-state index in [1.54, 1.807) is 0 Å². The van der Waals surface area contributed by atoms with Crippen LogP contribution >= 0.6 is 0 Å². The molecule has 0 radical (unpaired) electrons. The lowest BCUT2D eigenvalue weighted by atomic mass is 10.1. The Morgan fingerprint density at radius 3 is 2.00 bits per heavy atom. The smallest absolute Gasteiger partial charge is 0.104 e. The Morgan fingerprint density at radius 2 is 1.67 bits per heavy atom. The molecule has 1 saturated carbocycles. The van der Waals surface area contributed by atoms with Crippen molar-refractivity contribution in [3.05, 3.63) is 0 Å². The third-order valence-electron chi connectivity index (χ3n) is 3.10. The molecule has 0 aliphatic heterocycles. The van der Waals surface area contributed by atoms with Crippen LogP contribution in [0.1, 0.15) is 19.3 Å². The minimum absolute atomic E-state index is 0.796. The van der Waals surface area contributed by atoms with Gasteiger partial charge in [-0.15, -0.1) is 0 Å². The average molecular weight is 171 g/mol. The van der Waals surface area contributed by atoms with Crippen LogP contribution in [-0.4, -0.2) is 56.7 Å². The van der Waals surface area contributed by atoms with Gasteiger partial charge in [0.25, 0.3) is 0 Å². The summed E-state index contributed by atoms with van der Waals surface area (Å²) in [6.45, 7) is 0. The lowest BCUT2D eigenvalue weighted by Crippen LogP contribution is -2.53. The van der Waals surface area contributed by atoms with Gasteiger partial charge in [-0.1, -0.05) is 0 Å². The topological polar surface area (TPSA) is 3.24 Å². The van der Waals surface area contributed by atoms with E-state index in [2.05, 4.69) is 40.1 Å². The van der Waals surface area contributed by atoms with Gasteiger partial charge in [0.05, 0.1) is 27.2 Å². The first-order chi connectivity index (χ1) is 5.43. The fourth-order valence-electron chi connectivity index (χ4n) is 2.43. The van der Waals surface area contributed by atoms with Gasteiger partial charge in [0, 0.05) is 6.42 Å². The van der Waals surface area contributed by atoms with Gasteiger partial charge < -0.3 is 9.38 Å². The Hall–Kier alpha value is -0.0800. The van der Waals surface area contributed by atoms with Crippen LogP contribution in [0.4, 0.5) is 0 Å². The maximum atomic E-state index is 2.39. The number of hydrogen-bond acceptors (Lipinski definition) is 1. The van der Waals surface area contributed by atoms with E-state index >= 15 is 0 Å². The molecule has 72 valence electrons. The first-order valence-corrected chi connectivity index (χ1v) is 4.90. The van der Waals surface area contributed by atoms with Crippen LogP contribution in [0.5, 0.6) is 0 Å². The van der Waals surface area contributed by atoms with Gasteiger partial charge >= 0.3 is 0 Å². The molecule has 12 heavy (non-hydrogen) atoms. The van der Waals surface area contributed by atoms with Gasteiger partial charge in [0.15, 0.2) is 0 Å². The Bertz CT molecular complexity index is 146. The van der Waals surface area contributed by atoms with E-state index in [1.165, 1.54) is 19.3 Å². The van der Waals surface area contributed by atoms with Crippen molar-refractivity contribution < 1.29 is 4.48 Å². The van der Waals surface area contributed by atoms with Crippen molar-refractivity contribution in [3.8, 4) is 0 Å². The molecule has 0 spiro atoms. The van der Waals surface area contributed by atoms with Crippen molar-refractivity contribution in [3.63, 3.8) is 0 Å². The second-order valence-corrected chi connectivity index (χ2v) is 5.15. The summed E-state index contributed by atoms with van der Waals surface area (Å²) >= 11 is 0. The zero-order chi connectivity index (χ0) is 9.35. The second kappa shape index (κ2) is 3.35. The molecule has 1 fully saturated rings. The molecule has 0 N–H and O–H groups in total. The summed E-state index contributed by atoms with van der Waals surface area (Å²) < 4.78 is 1.11. The summed E-state index contributed by atoms with van der Waals surface area (Å²) in [5, 5.41) is 0. The molecule has 1 aliphatic carbocycles. The van der Waals surface area contributed by atoms with Crippen molar-refractivity contribution >= 4 is 0 Å². The summed E-state index contributed by atoms with van der Waals surface area (Å²) in [6.07, 6.45) is 4.18. The Kier molecular flexibility index (Phi) is 2.79. The van der Waals surface area contributed by atoms with Crippen LogP contribution in [0.3, 0.4) is 0 Å². The van der Waals surface area contributed by atoms with E-state index in [0.717, 1.165) is 16.6 Å². The van der Waals surface area contributed by atoms with Crippen LogP contribution < -0.4 is 0 Å². The van der Waals surface area contributed by atoms with E-state index in [1.807, 2.05) is 0 Å². The van der Waals surface area contributed by atoms with Crippen LogP contribution in [0, 0.1) is 0 Å². The fraction of sp³-hybridized carbons (Fsp3) is 1.00. The molecule has 0 amide bonds. The van der Waals surface area contributed by atoms with E-state index < -0.39 is 0 Å². The van der Waals surface area contributed by atoms with Crippen LogP contribution in [0.25, 0.3) is 0 Å². The predicted octanol–water partition coefficient (Wildman–Crippen LogP) is 1.18. The SMILES string of the molecule is CN(C)[C@H]1CCC[C@H]1[N+](C)(C)C. The third-order valence-corrected chi connectivity index (χ3v) is 3.10. The number of hydrogen-bond donors (Lipinski definition) is 0. The normalized spacial score (nSPS) is 31.5. The second-order valence-electron chi connectivity index (χ2n) is 5.15. The first-order valence-electron chi connectivity index (χ1n) is 4.90. The molecule has 2 nitrogen and oxygen atoms in total. The molecule has 1 aliphatic rings. The van der Waals surface area contributed by atoms with Gasteiger partial charge in [-0.05, 0) is 26.9 Å². The lowest BCUT2D eigenvalue weighted by Gasteiger charge is -2.37. The number of rotatable bonds is 2. The molecule has 0 aromatic carbocycles. The summed E-state index contributed by atoms with van der Waals surface area (Å²) in [6, 6.07) is 1.63. The molecule has 0 unspecified atom stereocenters. The molecule has 1 rings (SSSR count). The summed E-state index contributed by atoms with van der Waals surface area (Å²) in [5.41, 5.74) is 0. The number of likely N-dealkylation sites (N-methyl/N-ethyl adjacent to an activating group) is 2. The van der Waals surface area contributed by atoms with Crippen molar-refractivity contribution in [1.82, 2.24) is 4.90 Å². The molecule has 0 saturated heterocycles. The fourth-order valence-corrected chi connectivity index (χ4v) is 2.43. The Balaban J connectivity index is 2.64. The summed E-state index contributed by atoms with van der Waals surface area (Å²) in [4.78, 5) is 2.39. The van der Waals surface area contributed by atoms with E-state index in [0.29, 0.717) is 0 Å². The van der Waals surface area contributed by atoms with Gasteiger partial charge in [0.2, 0.25) is 0 Å². The number of quaternary nitrogens is 1. The van der Waals surface area contributed by atoms with Gasteiger partial charge in [-0.3, -0.25) is 0 Å². The maximum Gasteiger partial charge on any atom is 0.104 e. The average Bonchev–Trinajstić information content (AvgIpc) is 2.30. The van der Waals surface area contributed by atoms with E-state index in [4.69, 9.17) is 0 Å². The Labute approximate surface area is 76.7 Å². The largest absolute Gasteiger partial charge is 0.327 e. The molecule has 2 heteroatoms. The molecule has 0 aromatic heterocycles. The van der Waals surface area contributed by atoms with Gasteiger partial charge in [-0.25, -0.2) is 0 Å². The lowest BCUT2D eigenvalue weighted by molar-refractivity contribution is -0.897. The minimum atomic E-state index is 0.796. The van der Waals surface area contributed by atoms with Gasteiger partial charge in [-0.2, -0.15) is 0 Å². The van der Waals surface area contributed by atoms with E-state index in [9.17, 15) is 0 Å². The van der Waals surface area contributed by atoms with Crippen molar-refractivity contribution in [2.75, 3.05) is 35.2 Å².